The van der Waals surface area contributed by atoms with E-state index < -0.39 is 0 Å². The smallest absolute Gasteiger partial charge is 0.00226 e. The summed E-state index contributed by atoms with van der Waals surface area (Å²) in [6.45, 7) is 8.21. The predicted octanol–water partition coefficient (Wildman–Crippen LogP) is 1.46. The van der Waals surface area contributed by atoms with Crippen molar-refractivity contribution in [2.24, 2.45) is 11.7 Å². The van der Waals surface area contributed by atoms with Crippen molar-refractivity contribution in [2.45, 2.75) is 39.2 Å². The molecule has 1 saturated heterocycles. The molecule has 0 unspecified atom stereocenters. The first-order chi connectivity index (χ1) is 5.68. The van der Waals surface area contributed by atoms with Gasteiger partial charge in [0, 0.05) is 6.04 Å². The highest BCUT2D eigenvalue weighted by Gasteiger charge is 2.14. The molecule has 2 nitrogen and oxygen atoms in total. The minimum Gasteiger partial charge on any atom is -0.328 e. The Bertz CT molecular complexity index is 115. The summed E-state index contributed by atoms with van der Waals surface area (Å²) in [5.74, 6) is 0.941. The van der Waals surface area contributed by atoms with Gasteiger partial charge in [-0.2, -0.15) is 0 Å². The van der Waals surface area contributed by atoms with Crippen molar-refractivity contribution < 1.29 is 0 Å². The summed E-state index contributed by atoms with van der Waals surface area (Å²) in [7, 11) is 0. The minimum absolute atomic E-state index is 0.365. The van der Waals surface area contributed by atoms with Crippen LogP contribution in [0.1, 0.15) is 33.1 Å². The van der Waals surface area contributed by atoms with Gasteiger partial charge in [-0.05, 0) is 51.7 Å². The van der Waals surface area contributed by atoms with Crippen LogP contribution in [0.2, 0.25) is 0 Å². The van der Waals surface area contributed by atoms with Gasteiger partial charge < -0.3 is 10.6 Å². The summed E-state index contributed by atoms with van der Waals surface area (Å²) in [6, 6.07) is 0.365. The number of piperidine rings is 1. The lowest BCUT2D eigenvalue weighted by Gasteiger charge is -2.30. The molecule has 0 radical (unpaired) electrons. The van der Waals surface area contributed by atoms with E-state index in [4.69, 9.17) is 5.73 Å². The zero-order chi connectivity index (χ0) is 8.97. The summed E-state index contributed by atoms with van der Waals surface area (Å²) in [5, 5.41) is 0. The topological polar surface area (TPSA) is 29.3 Å². The van der Waals surface area contributed by atoms with Gasteiger partial charge in [0.15, 0.2) is 0 Å². The molecule has 1 aliphatic rings. The van der Waals surface area contributed by atoms with Crippen molar-refractivity contribution in [3.8, 4) is 0 Å². The first kappa shape index (κ1) is 10.0. The molecule has 1 aliphatic heterocycles. The van der Waals surface area contributed by atoms with Crippen LogP contribution >= 0.6 is 0 Å². The maximum absolute atomic E-state index is 5.71. The summed E-state index contributed by atoms with van der Waals surface area (Å²) in [6.07, 6.45) is 3.90. The molecule has 0 amide bonds. The minimum atomic E-state index is 0.365. The van der Waals surface area contributed by atoms with Crippen LogP contribution in [-0.4, -0.2) is 30.6 Å². The summed E-state index contributed by atoms with van der Waals surface area (Å²) in [4.78, 5) is 2.54. The third-order valence-electron chi connectivity index (χ3n) is 2.78. The van der Waals surface area contributed by atoms with Crippen molar-refractivity contribution >= 4 is 0 Å². The van der Waals surface area contributed by atoms with Crippen molar-refractivity contribution in [1.29, 1.82) is 0 Å². The van der Waals surface area contributed by atoms with Crippen LogP contribution in [0.15, 0.2) is 0 Å². The van der Waals surface area contributed by atoms with Gasteiger partial charge in [-0.3, -0.25) is 0 Å². The van der Waals surface area contributed by atoms with Crippen LogP contribution in [0.5, 0.6) is 0 Å². The van der Waals surface area contributed by atoms with E-state index in [2.05, 4.69) is 18.7 Å². The third-order valence-corrected chi connectivity index (χ3v) is 2.78. The van der Waals surface area contributed by atoms with E-state index in [0.717, 1.165) is 12.3 Å². The molecule has 2 heteroatoms. The molecule has 1 rings (SSSR count). The number of hydrogen-bond acceptors (Lipinski definition) is 2. The molecule has 0 saturated carbocycles. The number of nitrogens with zero attached hydrogens (tertiary/aromatic N) is 1. The average Bonchev–Trinajstić information content (AvgIpc) is 2.03. The largest absolute Gasteiger partial charge is 0.328 e. The highest BCUT2D eigenvalue weighted by atomic mass is 15.1. The quantitative estimate of drug-likeness (QED) is 0.694. The second-order valence-electron chi connectivity index (χ2n) is 4.29. The van der Waals surface area contributed by atoms with E-state index in [-0.39, 0.29) is 0 Å². The molecular formula is C10H22N2. The molecule has 1 heterocycles. The molecular weight excluding hydrogens is 148 g/mol. The van der Waals surface area contributed by atoms with Crippen molar-refractivity contribution in [3.05, 3.63) is 0 Å². The lowest BCUT2D eigenvalue weighted by atomic mass is 9.99. The fourth-order valence-electron chi connectivity index (χ4n) is 1.67. The van der Waals surface area contributed by atoms with Gasteiger partial charge in [0.2, 0.25) is 0 Å². The molecule has 0 aliphatic carbocycles. The molecule has 2 N–H and O–H groups in total. The maximum Gasteiger partial charge on any atom is 0.00226 e. The lowest BCUT2D eigenvalue weighted by Crippen LogP contribution is -2.35. The summed E-state index contributed by atoms with van der Waals surface area (Å²) in [5.41, 5.74) is 5.71. The van der Waals surface area contributed by atoms with E-state index in [0.29, 0.717) is 6.04 Å². The van der Waals surface area contributed by atoms with Gasteiger partial charge in [0.25, 0.3) is 0 Å². The predicted molar refractivity (Wildman–Crippen MR) is 53.1 cm³/mol. The van der Waals surface area contributed by atoms with Crippen molar-refractivity contribution in [1.82, 2.24) is 4.90 Å². The average molecular weight is 170 g/mol. The Morgan fingerprint density at radius 1 is 1.42 bits per heavy atom. The van der Waals surface area contributed by atoms with Crippen LogP contribution in [0.4, 0.5) is 0 Å². The highest BCUT2D eigenvalue weighted by Crippen LogP contribution is 2.15. The van der Waals surface area contributed by atoms with Gasteiger partial charge >= 0.3 is 0 Å². The molecule has 1 atom stereocenters. The van der Waals surface area contributed by atoms with E-state index in [9.17, 15) is 0 Å². The molecule has 0 spiro atoms. The van der Waals surface area contributed by atoms with Crippen LogP contribution in [0, 0.1) is 5.92 Å². The fourth-order valence-corrected chi connectivity index (χ4v) is 1.67. The standard InChI is InChI=1S/C10H22N2/c1-9-3-6-12(7-4-9)8-5-10(2)11/h9-10H,3-8,11H2,1-2H3/t10-/m0/s1. The Balaban J connectivity index is 2.09. The van der Waals surface area contributed by atoms with Gasteiger partial charge in [-0.1, -0.05) is 6.92 Å². The zero-order valence-corrected chi connectivity index (χ0v) is 8.42. The second-order valence-corrected chi connectivity index (χ2v) is 4.29. The Kier molecular flexibility index (Phi) is 4.02. The first-order valence-electron chi connectivity index (χ1n) is 5.16. The van der Waals surface area contributed by atoms with Crippen LogP contribution in [-0.2, 0) is 0 Å². The zero-order valence-electron chi connectivity index (χ0n) is 8.42. The number of likely N-dealkylation sites (tertiary alicyclic amines) is 1. The van der Waals surface area contributed by atoms with E-state index in [1.54, 1.807) is 0 Å². The normalized spacial score (nSPS) is 24.2. The maximum atomic E-state index is 5.71. The molecule has 72 valence electrons. The fraction of sp³-hybridized carbons (Fsp3) is 1.00. The number of hydrogen-bond donors (Lipinski definition) is 1. The first-order valence-corrected chi connectivity index (χ1v) is 5.16. The van der Waals surface area contributed by atoms with Gasteiger partial charge in [-0.25, -0.2) is 0 Å². The van der Waals surface area contributed by atoms with Crippen LogP contribution < -0.4 is 5.73 Å². The SMILES string of the molecule is CC1CCN(CC[C@H](C)N)CC1. The van der Waals surface area contributed by atoms with E-state index >= 15 is 0 Å². The van der Waals surface area contributed by atoms with Crippen LogP contribution in [0.3, 0.4) is 0 Å². The summed E-state index contributed by atoms with van der Waals surface area (Å²) < 4.78 is 0. The monoisotopic (exact) mass is 170 g/mol. The molecule has 0 aromatic heterocycles. The van der Waals surface area contributed by atoms with Crippen LogP contribution in [0.25, 0.3) is 0 Å². The van der Waals surface area contributed by atoms with Gasteiger partial charge in [0.05, 0.1) is 0 Å². The van der Waals surface area contributed by atoms with Gasteiger partial charge in [-0.15, -0.1) is 0 Å². The van der Waals surface area contributed by atoms with Crippen molar-refractivity contribution in [3.63, 3.8) is 0 Å². The van der Waals surface area contributed by atoms with Gasteiger partial charge in [0.1, 0.15) is 0 Å². The molecule has 1 fully saturated rings. The Morgan fingerprint density at radius 2 is 2.00 bits per heavy atom. The van der Waals surface area contributed by atoms with E-state index in [1.165, 1.54) is 32.5 Å². The summed E-state index contributed by atoms with van der Waals surface area (Å²) >= 11 is 0. The third kappa shape index (κ3) is 3.55. The Labute approximate surface area is 76.1 Å². The molecule has 0 aromatic rings. The number of rotatable bonds is 3. The second kappa shape index (κ2) is 4.83. The number of nitrogens with two attached hydrogens (primary N) is 1. The molecule has 0 bridgehead atoms. The molecule has 0 aromatic carbocycles. The Hall–Kier alpha value is -0.0800. The lowest BCUT2D eigenvalue weighted by molar-refractivity contribution is 0.188. The Morgan fingerprint density at radius 3 is 2.50 bits per heavy atom. The molecule has 12 heavy (non-hydrogen) atoms. The van der Waals surface area contributed by atoms with E-state index in [1.807, 2.05) is 0 Å². The highest BCUT2D eigenvalue weighted by molar-refractivity contribution is 4.70. The van der Waals surface area contributed by atoms with Crippen molar-refractivity contribution in [2.75, 3.05) is 19.6 Å².